The van der Waals surface area contributed by atoms with E-state index in [1.165, 1.54) is 13.3 Å². The molecule has 170 valence electrons. The predicted octanol–water partition coefficient (Wildman–Crippen LogP) is 3.27. The topological polar surface area (TPSA) is 116 Å². The summed E-state index contributed by atoms with van der Waals surface area (Å²) in [6.45, 7) is 0.842. The van der Waals surface area contributed by atoms with Gasteiger partial charge in [0.05, 0.1) is 30.1 Å². The van der Waals surface area contributed by atoms with Crippen LogP contribution in [0.1, 0.15) is 28.8 Å². The molecule has 32 heavy (non-hydrogen) atoms. The van der Waals surface area contributed by atoms with Crippen molar-refractivity contribution in [3.8, 4) is 5.75 Å². The lowest BCUT2D eigenvalue weighted by Crippen LogP contribution is -2.45. The van der Waals surface area contributed by atoms with Gasteiger partial charge in [-0.15, -0.1) is 0 Å². The van der Waals surface area contributed by atoms with Gasteiger partial charge in [0, 0.05) is 37.7 Å². The zero-order chi connectivity index (χ0) is 23.1. The van der Waals surface area contributed by atoms with E-state index in [-0.39, 0.29) is 17.9 Å². The number of carbonyl (C=O) groups is 1. The summed E-state index contributed by atoms with van der Waals surface area (Å²) < 4.78 is 43.3. The molecular formula is C20H22F3N7O2. The van der Waals surface area contributed by atoms with Crippen molar-refractivity contribution in [1.82, 2.24) is 14.9 Å². The Morgan fingerprint density at radius 3 is 2.75 bits per heavy atom. The molecule has 1 atom stereocenters. The van der Waals surface area contributed by atoms with Gasteiger partial charge in [0.15, 0.2) is 0 Å². The number of ether oxygens (including phenoxy) is 1. The van der Waals surface area contributed by atoms with Crippen LogP contribution < -0.4 is 15.5 Å². The van der Waals surface area contributed by atoms with Crippen LogP contribution in [0.15, 0.2) is 35.7 Å². The zero-order valence-electron chi connectivity index (χ0n) is 17.2. The molecule has 1 saturated heterocycles. The van der Waals surface area contributed by atoms with Crippen LogP contribution in [0.5, 0.6) is 5.75 Å². The van der Waals surface area contributed by atoms with E-state index in [2.05, 4.69) is 25.8 Å². The van der Waals surface area contributed by atoms with Crippen LogP contribution in [-0.2, 0) is 6.18 Å². The van der Waals surface area contributed by atoms with Gasteiger partial charge in [-0.3, -0.25) is 10.2 Å². The number of likely N-dealkylation sites (tertiary alicyclic amines) is 1. The molecule has 1 unspecified atom stereocenters. The summed E-state index contributed by atoms with van der Waals surface area (Å²) >= 11 is 0. The number of amides is 1. The third-order valence-corrected chi connectivity index (χ3v) is 4.81. The molecule has 0 bridgehead atoms. The minimum absolute atomic E-state index is 0.0713. The van der Waals surface area contributed by atoms with Crippen LogP contribution in [0.25, 0.3) is 0 Å². The molecule has 3 rings (SSSR count). The van der Waals surface area contributed by atoms with Gasteiger partial charge in [0.2, 0.25) is 5.95 Å². The summed E-state index contributed by atoms with van der Waals surface area (Å²) in [5, 5.41) is 13.9. The van der Waals surface area contributed by atoms with Gasteiger partial charge in [-0.2, -0.15) is 18.3 Å². The highest BCUT2D eigenvalue weighted by atomic mass is 19.4. The lowest BCUT2D eigenvalue weighted by Gasteiger charge is -2.33. The van der Waals surface area contributed by atoms with Crippen molar-refractivity contribution in [1.29, 1.82) is 5.41 Å². The Hall–Kier alpha value is -3.70. The van der Waals surface area contributed by atoms with Gasteiger partial charge in [-0.1, -0.05) is 0 Å². The molecule has 0 spiro atoms. The fourth-order valence-electron chi connectivity index (χ4n) is 3.25. The summed E-state index contributed by atoms with van der Waals surface area (Å²) in [4.78, 5) is 22.3. The number of halogens is 3. The minimum Gasteiger partial charge on any atom is -0.497 e. The van der Waals surface area contributed by atoms with Gasteiger partial charge in [-0.05, 0) is 31.0 Å². The molecule has 1 amide bonds. The van der Waals surface area contributed by atoms with Gasteiger partial charge in [0.1, 0.15) is 5.75 Å². The first kappa shape index (κ1) is 23.0. The second-order valence-corrected chi connectivity index (χ2v) is 7.00. The Morgan fingerprint density at radius 2 is 2.09 bits per heavy atom. The molecule has 0 saturated carbocycles. The van der Waals surface area contributed by atoms with Crippen molar-refractivity contribution < 1.29 is 22.7 Å². The fraction of sp³-hybridized carbons (Fsp3) is 0.350. The zero-order valence-corrected chi connectivity index (χ0v) is 17.2. The molecule has 1 aromatic heterocycles. The quantitative estimate of drug-likeness (QED) is 0.441. The summed E-state index contributed by atoms with van der Waals surface area (Å²) in [6.07, 6.45) is 0.599. The molecule has 0 radical (unpaired) electrons. The van der Waals surface area contributed by atoms with E-state index in [4.69, 9.17) is 10.1 Å². The number of hydrogen-bond donors (Lipinski definition) is 3. The number of alkyl halides is 3. The van der Waals surface area contributed by atoms with Crippen molar-refractivity contribution >= 4 is 30.0 Å². The largest absolute Gasteiger partial charge is 0.497 e. The highest BCUT2D eigenvalue weighted by Crippen LogP contribution is 2.28. The summed E-state index contributed by atoms with van der Waals surface area (Å²) in [7, 11) is 1.49. The van der Waals surface area contributed by atoms with Gasteiger partial charge in [-0.25, -0.2) is 9.97 Å². The second kappa shape index (κ2) is 10.1. The average molecular weight is 449 g/mol. The van der Waals surface area contributed by atoms with Crippen LogP contribution in [0.3, 0.4) is 0 Å². The lowest BCUT2D eigenvalue weighted by molar-refractivity contribution is -0.138. The second-order valence-electron chi connectivity index (χ2n) is 7.00. The highest BCUT2D eigenvalue weighted by Gasteiger charge is 2.32. The van der Waals surface area contributed by atoms with E-state index in [0.717, 1.165) is 18.6 Å². The van der Waals surface area contributed by atoms with Crippen LogP contribution in [-0.4, -0.2) is 59.4 Å². The van der Waals surface area contributed by atoms with Crippen LogP contribution in [0, 0.1) is 5.41 Å². The van der Waals surface area contributed by atoms with Crippen LogP contribution in [0.4, 0.5) is 24.8 Å². The number of nitrogens with zero attached hydrogens (tertiary/aromatic N) is 4. The number of nitrogens with one attached hydrogen (secondary N) is 3. The maximum Gasteiger partial charge on any atom is 0.419 e. The third kappa shape index (κ3) is 5.71. The van der Waals surface area contributed by atoms with Crippen molar-refractivity contribution in [2.24, 2.45) is 5.10 Å². The Labute approximate surface area is 182 Å². The van der Waals surface area contributed by atoms with E-state index in [1.807, 2.05) is 0 Å². The van der Waals surface area contributed by atoms with Crippen LogP contribution >= 0.6 is 0 Å². The molecule has 1 aliphatic rings. The first-order valence-corrected chi connectivity index (χ1v) is 9.73. The third-order valence-electron chi connectivity index (χ3n) is 4.81. The van der Waals surface area contributed by atoms with Gasteiger partial charge in [0.25, 0.3) is 5.91 Å². The van der Waals surface area contributed by atoms with E-state index >= 15 is 0 Å². The van der Waals surface area contributed by atoms with Crippen molar-refractivity contribution in [2.75, 3.05) is 30.9 Å². The van der Waals surface area contributed by atoms with Crippen molar-refractivity contribution in [3.05, 3.63) is 41.7 Å². The molecule has 2 aromatic rings. The molecular weight excluding hydrogens is 427 g/mol. The molecule has 0 aliphatic carbocycles. The molecule has 1 fully saturated rings. The van der Waals surface area contributed by atoms with E-state index in [0.29, 0.717) is 42.9 Å². The number of anilines is 2. The molecule has 9 nitrogen and oxygen atoms in total. The molecule has 1 aliphatic heterocycles. The normalized spacial score (nSPS) is 16.6. The summed E-state index contributed by atoms with van der Waals surface area (Å²) in [6, 6.07) is 4.72. The SMILES string of the molecule is COc1ccc(N/N=C\C=N)c(C(=O)N2CCCC(Nc3ncc(C(F)(F)F)cn3)C2)c1. The predicted molar refractivity (Wildman–Crippen MR) is 113 cm³/mol. The Morgan fingerprint density at radius 1 is 1.34 bits per heavy atom. The average Bonchev–Trinajstić information content (AvgIpc) is 2.79. The molecule has 1 aromatic carbocycles. The lowest BCUT2D eigenvalue weighted by atomic mass is 10.0. The minimum atomic E-state index is -4.50. The molecule has 3 N–H and O–H groups in total. The van der Waals surface area contributed by atoms with Crippen LogP contribution in [0.2, 0.25) is 0 Å². The Kier molecular flexibility index (Phi) is 7.23. The van der Waals surface area contributed by atoms with Crippen molar-refractivity contribution in [2.45, 2.75) is 25.1 Å². The molecule has 12 heteroatoms. The number of piperidine rings is 1. The first-order valence-electron chi connectivity index (χ1n) is 9.73. The highest BCUT2D eigenvalue weighted by molar-refractivity contribution is 6.14. The Bertz CT molecular complexity index is 980. The maximum atomic E-state index is 13.2. The number of aromatic nitrogens is 2. The number of hydrogen-bond acceptors (Lipinski definition) is 8. The fourth-order valence-corrected chi connectivity index (χ4v) is 3.25. The molecule has 2 heterocycles. The van der Waals surface area contributed by atoms with Gasteiger partial charge >= 0.3 is 6.18 Å². The number of hydrazone groups is 1. The smallest absolute Gasteiger partial charge is 0.419 e. The van der Waals surface area contributed by atoms with E-state index in [1.54, 1.807) is 23.1 Å². The first-order chi connectivity index (χ1) is 15.3. The summed E-state index contributed by atoms with van der Waals surface area (Å²) in [5.74, 6) is 0.318. The Balaban J connectivity index is 1.72. The monoisotopic (exact) mass is 449 g/mol. The van der Waals surface area contributed by atoms with Crippen molar-refractivity contribution in [3.63, 3.8) is 0 Å². The number of rotatable bonds is 7. The van der Waals surface area contributed by atoms with E-state index < -0.39 is 11.7 Å². The van der Waals surface area contributed by atoms with Gasteiger partial charge < -0.3 is 20.4 Å². The number of carbonyl (C=O) groups excluding carboxylic acids is 1. The summed E-state index contributed by atoms with van der Waals surface area (Å²) in [5.41, 5.74) is 2.62. The standard InChI is InChI=1S/C20H22F3N7O2/c1-32-15-4-5-17(29-27-7-6-24)16(9-15)18(31)30-8-2-3-14(12-30)28-19-25-10-13(11-26-19)20(21,22)23/h4-7,9-11,14,24,29H,2-3,8,12H2,1H3,(H,25,26,28)/b24-6?,27-7-. The number of methoxy groups -OCH3 is 1. The number of benzene rings is 1. The van der Waals surface area contributed by atoms with E-state index in [9.17, 15) is 18.0 Å². The maximum absolute atomic E-state index is 13.2.